The minimum Gasteiger partial charge on any atom is -0.424 e. The number of piperidine rings is 3. The van der Waals surface area contributed by atoms with Crippen LogP contribution in [0.3, 0.4) is 0 Å². The van der Waals surface area contributed by atoms with Gasteiger partial charge in [0.25, 0.3) is 0 Å². The Labute approximate surface area is 166 Å². The summed E-state index contributed by atoms with van der Waals surface area (Å²) in [5.41, 5.74) is 0. The number of hydrogen-bond acceptors (Lipinski definition) is 6. The Balaban J connectivity index is 1.50. The van der Waals surface area contributed by atoms with Crippen molar-refractivity contribution in [1.29, 1.82) is 0 Å². The summed E-state index contributed by atoms with van der Waals surface area (Å²) in [4.78, 5) is 29.4. The van der Waals surface area contributed by atoms with Crippen molar-refractivity contribution in [2.45, 2.75) is 71.0 Å². The van der Waals surface area contributed by atoms with Crippen LogP contribution in [0.25, 0.3) is 0 Å². The van der Waals surface area contributed by atoms with E-state index in [0.29, 0.717) is 49.5 Å². The minimum absolute atomic E-state index is 0.0830. The van der Waals surface area contributed by atoms with Crippen LogP contribution in [0.1, 0.15) is 57.2 Å². The first-order valence-electron chi connectivity index (χ1n) is 10.6. The van der Waals surface area contributed by atoms with E-state index in [1.165, 1.54) is 0 Å². The van der Waals surface area contributed by atoms with Gasteiger partial charge in [0, 0.05) is 45.4 Å². The summed E-state index contributed by atoms with van der Waals surface area (Å²) in [6, 6.07) is 0.375. The second kappa shape index (κ2) is 8.19. The molecule has 8 nitrogen and oxygen atoms in total. The van der Waals surface area contributed by atoms with E-state index >= 15 is 0 Å². The summed E-state index contributed by atoms with van der Waals surface area (Å²) in [6.07, 6.45) is 5.18. The molecular formula is C20H31N5O3. The van der Waals surface area contributed by atoms with Crippen LogP contribution in [0.5, 0.6) is 0 Å². The number of aromatic nitrogens is 2. The Bertz CT molecular complexity index is 720. The molecule has 4 heterocycles. The number of nitrogens with one attached hydrogen (secondary N) is 1. The van der Waals surface area contributed by atoms with Gasteiger partial charge < -0.3 is 14.6 Å². The summed E-state index contributed by atoms with van der Waals surface area (Å²) < 4.78 is 5.58. The van der Waals surface area contributed by atoms with Crippen molar-refractivity contribution < 1.29 is 14.0 Å². The van der Waals surface area contributed by atoms with Crippen LogP contribution in [0.15, 0.2) is 4.42 Å². The Hall–Kier alpha value is -1.96. The molecule has 1 aromatic heterocycles. The van der Waals surface area contributed by atoms with E-state index in [1.807, 2.05) is 13.8 Å². The highest BCUT2D eigenvalue weighted by Crippen LogP contribution is 2.41. The lowest BCUT2D eigenvalue weighted by Crippen LogP contribution is -2.67. The SMILES string of the molecule is CCCC(=O)NC[C@H]1[C@H]2C[C@H](CN(Cc3nnc(C)o3)C2)[C@@H]2CCCC(=O)N21. The van der Waals surface area contributed by atoms with Crippen molar-refractivity contribution in [1.82, 2.24) is 25.3 Å². The maximum Gasteiger partial charge on any atom is 0.230 e. The number of nitrogens with zero attached hydrogens (tertiary/aromatic N) is 4. The topological polar surface area (TPSA) is 91.6 Å². The Morgan fingerprint density at radius 1 is 1.29 bits per heavy atom. The summed E-state index contributed by atoms with van der Waals surface area (Å²) >= 11 is 0. The lowest BCUT2D eigenvalue weighted by atomic mass is 9.72. The average molecular weight is 390 g/mol. The molecule has 2 amide bonds. The number of carbonyl (C=O) groups excluding carboxylic acids is 2. The molecule has 3 aliphatic heterocycles. The fourth-order valence-corrected chi connectivity index (χ4v) is 5.39. The summed E-state index contributed by atoms with van der Waals surface area (Å²) in [5.74, 6) is 2.44. The van der Waals surface area contributed by atoms with E-state index in [4.69, 9.17) is 4.42 Å². The zero-order chi connectivity index (χ0) is 19.7. The molecule has 3 fully saturated rings. The monoisotopic (exact) mass is 389 g/mol. The molecule has 0 aromatic carbocycles. The molecule has 4 atom stereocenters. The van der Waals surface area contributed by atoms with Gasteiger partial charge in [0.1, 0.15) is 0 Å². The summed E-state index contributed by atoms with van der Waals surface area (Å²) in [5, 5.41) is 11.2. The number of fused-ring (bicyclic) bond motifs is 4. The molecule has 1 aromatic rings. The van der Waals surface area contributed by atoms with Crippen LogP contribution in [0, 0.1) is 18.8 Å². The molecule has 0 aliphatic carbocycles. The van der Waals surface area contributed by atoms with Crippen LogP contribution in [-0.2, 0) is 16.1 Å². The van der Waals surface area contributed by atoms with Gasteiger partial charge in [0.05, 0.1) is 12.6 Å². The fraction of sp³-hybridized carbons (Fsp3) is 0.800. The van der Waals surface area contributed by atoms with Crippen LogP contribution >= 0.6 is 0 Å². The highest BCUT2D eigenvalue weighted by atomic mass is 16.4. The standard InChI is InChI=1S/C20H31N5O3/c1-3-5-18(26)21-9-17-15-8-14(16-6-4-7-20(27)25(16)17)10-24(11-15)12-19-23-22-13(2)28-19/h14-17H,3-12H2,1-2H3,(H,21,26)/t14-,15+,16+,17+/m1/s1. The van der Waals surface area contributed by atoms with Crippen molar-refractivity contribution in [3.05, 3.63) is 11.8 Å². The molecule has 154 valence electrons. The molecule has 3 saturated heterocycles. The number of aryl methyl sites for hydroxylation is 1. The highest BCUT2D eigenvalue weighted by molar-refractivity contribution is 5.78. The van der Waals surface area contributed by atoms with E-state index in [9.17, 15) is 9.59 Å². The first kappa shape index (κ1) is 19.4. The third kappa shape index (κ3) is 3.92. The van der Waals surface area contributed by atoms with Gasteiger partial charge in [0.15, 0.2) is 0 Å². The van der Waals surface area contributed by atoms with Crippen molar-refractivity contribution in [2.24, 2.45) is 11.8 Å². The molecule has 4 rings (SSSR count). The quantitative estimate of drug-likeness (QED) is 0.793. The third-order valence-electron chi connectivity index (χ3n) is 6.48. The van der Waals surface area contributed by atoms with Crippen molar-refractivity contribution in [3.63, 3.8) is 0 Å². The van der Waals surface area contributed by atoms with Crippen molar-refractivity contribution >= 4 is 11.8 Å². The predicted molar refractivity (Wildman–Crippen MR) is 102 cm³/mol. The van der Waals surface area contributed by atoms with Gasteiger partial charge in [-0.1, -0.05) is 6.92 Å². The molecule has 0 spiro atoms. The zero-order valence-electron chi connectivity index (χ0n) is 16.9. The van der Waals surface area contributed by atoms with Gasteiger partial charge in [-0.2, -0.15) is 0 Å². The van der Waals surface area contributed by atoms with Gasteiger partial charge in [-0.25, -0.2) is 0 Å². The predicted octanol–water partition coefficient (Wildman–Crippen LogP) is 1.50. The molecule has 8 heteroatoms. The van der Waals surface area contributed by atoms with E-state index in [2.05, 4.69) is 25.3 Å². The number of carbonyl (C=O) groups is 2. The van der Waals surface area contributed by atoms with Crippen LogP contribution in [-0.4, -0.2) is 63.5 Å². The van der Waals surface area contributed by atoms with Gasteiger partial charge in [0.2, 0.25) is 23.6 Å². The Kier molecular flexibility index (Phi) is 5.66. The van der Waals surface area contributed by atoms with Crippen LogP contribution < -0.4 is 5.32 Å². The number of rotatable bonds is 6. The normalized spacial score (nSPS) is 30.2. The first-order valence-corrected chi connectivity index (χ1v) is 10.6. The van der Waals surface area contributed by atoms with Crippen molar-refractivity contribution in [2.75, 3.05) is 19.6 Å². The highest BCUT2D eigenvalue weighted by Gasteiger charge is 2.49. The largest absolute Gasteiger partial charge is 0.424 e. The van der Waals surface area contributed by atoms with Crippen molar-refractivity contribution in [3.8, 4) is 0 Å². The van der Waals surface area contributed by atoms with Crippen LogP contribution in [0.2, 0.25) is 0 Å². The first-order chi connectivity index (χ1) is 13.5. The lowest BCUT2D eigenvalue weighted by Gasteiger charge is -2.56. The molecule has 28 heavy (non-hydrogen) atoms. The maximum absolute atomic E-state index is 12.8. The van der Waals surface area contributed by atoms with Gasteiger partial charge in [-0.3, -0.25) is 14.5 Å². The Morgan fingerprint density at radius 3 is 2.86 bits per heavy atom. The maximum atomic E-state index is 12.8. The van der Waals surface area contributed by atoms with E-state index < -0.39 is 0 Å². The van der Waals surface area contributed by atoms with Gasteiger partial charge in [-0.05, 0) is 37.5 Å². The number of likely N-dealkylation sites (tertiary alicyclic amines) is 1. The molecule has 0 unspecified atom stereocenters. The summed E-state index contributed by atoms with van der Waals surface area (Å²) in [6.45, 7) is 6.88. The lowest BCUT2D eigenvalue weighted by molar-refractivity contribution is -0.153. The second-order valence-corrected chi connectivity index (χ2v) is 8.55. The molecule has 0 radical (unpaired) electrons. The third-order valence-corrected chi connectivity index (χ3v) is 6.48. The van der Waals surface area contributed by atoms with E-state index in [0.717, 1.165) is 38.8 Å². The number of amides is 2. The smallest absolute Gasteiger partial charge is 0.230 e. The molecule has 2 bridgehead atoms. The Morgan fingerprint density at radius 2 is 2.11 bits per heavy atom. The number of hydrogen-bond donors (Lipinski definition) is 1. The van der Waals surface area contributed by atoms with Gasteiger partial charge in [-0.15, -0.1) is 10.2 Å². The molecular weight excluding hydrogens is 358 g/mol. The second-order valence-electron chi connectivity index (χ2n) is 8.55. The zero-order valence-corrected chi connectivity index (χ0v) is 16.9. The van der Waals surface area contributed by atoms with Crippen LogP contribution in [0.4, 0.5) is 0 Å². The summed E-state index contributed by atoms with van der Waals surface area (Å²) in [7, 11) is 0. The molecule has 0 saturated carbocycles. The van der Waals surface area contributed by atoms with E-state index in [1.54, 1.807) is 0 Å². The fourth-order valence-electron chi connectivity index (χ4n) is 5.39. The van der Waals surface area contributed by atoms with Gasteiger partial charge >= 0.3 is 0 Å². The minimum atomic E-state index is 0.0830. The molecule has 1 N–H and O–H groups in total. The molecule has 3 aliphatic rings. The average Bonchev–Trinajstić information content (AvgIpc) is 3.07. The van der Waals surface area contributed by atoms with E-state index in [-0.39, 0.29) is 23.9 Å².